The van der Waals surface area contributed by atoms with Crippen LogP contribution in [0, 0.1) is 0 Å². The Morgan fingerprint density at radius 1 is 1.10 bits per heavy atom. The van der Waals surface area contributed by atoms with Gasteiger partial charge in [-0.25, -0.2) is 4.98 Å². The van der Waals surface area contributed by atoms with Crippen molar-refractivity contribution in [1.82, 2.24) is 15.2 Å². The molecule has 1 amide bonds. The van der Waals surface area contributed by atoms with Crippen LogP contribution in [0.15, 0.2) is 52.9 Å². The second kappa shape index (κ2) is 9.30. The zero-order valence-electron chi connectivity index (χ0n) is 17.8. The number of oxazole rings is 1. The van der Waals surface area contributed by atoms with E-state index in [2.05, 4.69) is 50.4 Å². The number of carbonyl (C=O) groups excluding carboxylic acids is 1. The Morgan fingerprint density at radius 2 is 1.87 bits per heavy atom. The van der Waals surface area contributed by atoms with Gasteiger partial charge in [0, 0.05) is 49.9 Å². The smallest absolute Gasteiger partial charge is 0.251 e. The molecule has 0 saturated carbocycles. The summed E-state index contributed by atoms with van der Waals surface area (Å²) in [5, 5.41) is 3.03. The number of carbonyl (C=O) groups is 1. The van der Waals surface area contributed by atoms with Gasteiger partial charge >= 0.3 is 0 Å². The van der Waals surface area contributed by atoms with E-state index < -0.39 is 0 Å². The van der Waals surface area contributed by atoms with Crippen molar-refractivity contribution in [3.05, 3.63) is 60.0 Å². The first-order chi connectivity index (χ1) is 14.6. The van der Waals surface area contributed by atoms with E-state index in [9.17, 15) is 4.79 Å². The molecule has 0 spiro atoms. The monoisotopic (exact) mass is 406 g/mol. The maximum atomic E-state index is 12.5. The standard InChI is InChI=1S/C24H30N4O2/c1-18(2)24-26-21-10-9-19(17-22(21)30-24)23(29)25-11-6-12-27-13-15-28(16-14-27)20-7-4-3-5-8-20/h3-5,7-10,17-18H,6,11-16H2,1-2H3,(H,25,29). The highest BCUT2D eigenvalue weighted by Crippen LogP contribution is 2.22. The minimum atomic E-state index is -0.0618. The molecule has 4 rings (SSSR count). The van der Waals surface area contributed by atoms with Crippen LogP contribution >= 0.6 is 0 Å². The van der Waals surface area contributed by atoms with Crippen molar-refractivity contribution in [2.24, 2.45) is 0 Å². The minimum absolute atomic E-state index is 0.0618. The van der Waals surface area contributed by atoms with Crippen molar-refractivity contribution in [3.63, 3.8) is 0 Å². The fourth-order valence-corrected chi connectivity index (χ4v) is 3.81. The van der Waals surface area contributed by atoms with Crippen LogP contribution in [0.5, 0.6) is 0 Å². The van der Waals surface area contributed by atoms with Crippen molar-refractivity contribution in [2.45, 2.75) is 26.2 Å². The molecule has 1 fully saturated rings. The SMILES string of the molecule is CC(C)c1nc2ccc(C(=O)NCCCN3CCN(c4ccccc4)CC3)cc2o1. The lowest BCUT2D eigenvalue weighted by molar-refractivity contribution is 0.0951. The molecule has 6 nitrogen and oxygen atoms in total. The van der Waals surface area contributed by atoms with Crippen molar-refractivity contribution in [1.29, 1.82) is 0 Å². The summed E-state index contributed by atoms with van der Waals surface area (Å²) >= 11 is 0. The van der Waals surface area contributed by atoms with E-state index >= 15 is 0 Å². The normalized spacial score (nSPS) is 15.1. The Balaban J connectivity index is 1.20. The lowest BCUT2D eigenvalue weighted by atomic mass is 10.2. The van der Waals surface area contributed by atoms with Crippen molar-refractivity contribution < 1.29 is 9.21 Å². The molecule has 1 N–H and O–H groups in total. The first-order valence-corrected chi connectivity index (χ1v) is 10.8. The third kappa shape index (κ3) is 4.82. The molecule has 2 aromatic carbocycles. The van der Waals surface area contributed by atoms with Crippen LogP contribution in [0.25, 0.3) is 11.1 Å². The molecule has 1 aromatic heterocycles. The van der Waals surface area contributed by atoms with Crippen LogP contribution in [0.1, 0.15) is 42.4 Å². The molecule has 1 aliphatic heterocycles. The van der Waals surface area contributed by atoms with Crippen LogP contribution in [0.2, 0.25) is 0 Å². The third-order valence-corrected chi connectivity index (χ3v) is 5.59. The summed E-state index contributed by atoms with van der Waals surface area (Å²) in [6, 6.07) is 16.0. The van der Waals surface area contributed by atoms with Crippen molar-refractivity contribution in [2.75, 3.05) is 44.2 Å². The molecule has 3 aromatic rings. The van der Waals surface area contributed by atoms with Crippen molar-refractivity contribution >= 4 is 22.7 Å². The number of hydrogen-bond acceptors (Lipinski definition) is 5. The maximum Gasteiger partial charge on any atom is 0.251 e. The topological polar surface area (TPSA) is 61.6 Å². The molecule has 0 radical (unpaired) electrons. The minimum Gasteiger partial charge on any atom is -0.440 e. The molecule has 30 heavy (non-hydrogen) atoms. The average molecular weight is 407 g/mol. The number of benzene rings is 2. The van der Waals surface area contributed by atoms with Gasteiger partial charge < -0.3 is 14.6 Å². The van der Waals surface area contributed by atoms with Gasteiger partial charge in [-0.15, -0.1) is 0 Å². The highest BCUT2D eigenvalue weighted by atomic mass is 16.3. The first kappa shape index (κ1) is 20.4. The van der Waals surface area contributed by atoms with Crippen molar-refractivity contribution in [3.8, 4) is 0 Å². The van der Waals surface area contributed by atoms with Gasteiger partial charge in [-0.1, -0.05) is 32.0 Å². The predicted molar refractivity (Wildman–Crippen MR) is 120 cm³/mol. The second-order valence-electron chi connectivity index (χ2n) is 8.16. The van der Waals surface area contributed by atoms with Gasteiger partial charge in [0.15, 0.2) is 11.5 Å². The van der Waals surface area contributed by atoms with E-state index in [1.54, 1.807) is 6.07 Å². The highest BCUT2D eigenvalue weighted by molar-refractivity contribution is 5.97. The van der Waals surface area contributed by atoms with Gasteiger partial charge in [0.2, 0.25) is 0 Å². The number of nitrogens with one attached hydrogen (secondary N) is 1. The number of hydrogen-bond donors (Lipinski definition) is 1. The lowest BCUT2D eigenvalue weighted by Crippen LogP contribution is -2.47. The van der Waals surface area contributed by atoms with Gasteiger partial charge in [0.1, 0.15) is 5.52 Å². The molecule has 0 unspecified atom stereocenters. The van der Waals surface area contributed by atoms with Crippen LogP contribution in [0.4, 0.5) is 5.69 Å². The van der Waals surface area contributed by atoms with E-state index in [1.807, 2.05) is 26.0 Å². The fourth-order valence-electron chi connectivity index (χ4n) is 3.81. The first-order valence-electron chi connectivity index (χ1n) is 10.8. The summed E-state index contributed by atoms with van der Waals surface area (Å²) in [4.78, 5) is 21.8. The van der Waals surface area contributed by atoms with Crippen LogP contribution in [0.3, 0.4) is 0 Å². The number of anilines is 1. The highest BCUT2D eigenvalue weighted by Gasteiger charge is 2.17. The molecule has 2 heterocycles. The van der Waals surface area contributed by atoms with Crippen LogP contribution in [-0.4, -0.2) is 55.1 Å². The van der Waals surface area contributed by atoms with E-state index in [0.29, 0.717) is 23.6 Å². The number of rotatable bonds is 7. The summed E-state index contributed by atoms with van der Waals surface area (Å²) in [5.74, 6) is 0.868. The Kier molecular flexibility index (Phi) is 6.33. The summed E-state index contributed by atoms with van der Waals surface area (Å²) in [6.07, 6.45) is 0.944. The van der Waals surface area contributed by atoms with Crippen LogP contribution in [-0.2, 0) is 0 Å². The number of nitrogens with zero attached hydrogens (tertiary/aromatic N) is 3. The predicted octanol–water partition coefficient (Wildman–Crippen LogP) is 3.89. The van der Waals surface area contributed by atoms with Gasteiger partial charge in [0.05, 0.1) is 0 Å². The zero-order chi connectivity index (χ0) is 20.9. The zero-order valence-corrected chi connectivity index (χ0v) is 17.8. The van der Waals surface area contributed by atoms with E-state index in [-0.39, 0.29) is 11.8 Å². The van der Waals surface area contributed by atoms with Crippen LogP contribution < -0.4 is 10.2 Å². The Hall–Kier alpha value is -2.86. The molecule has 1 saturated heterocycles. The molecular weight excluding hydrogens is 376 g/mol. The largest absolute Gasteiger partial charge is 0.440 e. The summed E-state index contributed by atoms with van der Waals surface area (Å²) < 4.78 is 5.76. The Bertz CT molecular complexity index is 975. The Labute approximate surface area is 177 Å². The van der Waals surface area contributed by atoms with E-state index in [4.69, 9.17) is 4.42 Å². The summed E-state index contributed by atoms with van der Waals surface area (Å²) in [7, 11) is 0. The maximum absolute atomic E-state index is 12.5. The fraction of sp³-hybridized carbons (Fsp3) is 0.417. The number of para-hydroxylation sites is 1. The quantitative estimate of drug-likeness (QED) is 0.603. The van der Waals surface area contributed by atoms with Gasteiger partial charge in [-0.05, 0) is 43.3 Å². The number of piperazine rings is 1. The molecule has 158 valence electrons. The van der Waals surface area contributed by atoms with Gasteiger partial charge in [-0.2, -0.15) is 0 Å². The third-order valence-electron chi connectivity index (χ3n) is 5.59. The van der Waals surface area contributed by atoms with E-state index in [0.717, 1.165) is 44.7 Å². The average Bonchev–Trinajstić information content (AvgIpc) is 3.21. The molecule has 0 aliphatic carbocycles. The molecular formula is C24H30N4O2. The lowest BCUT2D eigenvalue weighted by Gasteiger charge is -2.36. The molecule has 0 bridgehead atoms. The molecule has 6 heteroatoms. The van der Waals surface area contributed by atoms with Gasteiger partial charge in [-0.3, -0.25) is 9.69 Å². The number of fused-ring (bicyclic) bond motifs is 1. The Morgan fingerprint density at radius 3 is 2.60 bits per heavy atom. The molecule has 1 aliphatic rings. The van der Waals surface area contributed by atoms with E-state index in [1.165, 1.54) is 5.69 Å². The molecule has 0 atom stereocenters. The summed E-state index contributed by atoms with van der Waals surface area (Å²) in [5.41, 5.74) is 3.38. The summed E-state index contributed by atoms with van der Waals surface area (Å²) in [6.45, 7) is 9.97. The second-order valence-corrected chi connectivity index (χ2v) is 8.16. The number of amides is 1. The number of aromatic nitrogens is 1. The van der Waals surface area contributed by atoms with Gasteiger partial charge in [0.25, 0.3) is 5.91 Å².